The van der Waals surface area contributed by atoms with Crippen LogP contribution in [-0.4, -0.2) is 26.4 Å². The van der Waals surface area contributed by atoms with E-state index >= 15 is 0 Å². The fourth-order valence-electron chi connectivity index (χ4n) is 2.30. The molecule has 3 aromatic rings. The number of pyridine rings is 1. The smallest absolute Gasteiger partial charge is 0.335 e. The van der Waals surface area contributed by atoms with Crippen LogP contribution in [-0.2, 0) is 17.8 Å². The average molecular weight is 327 g/mol. The number of fused-ring (bicyclic) bond motifs is 1. The van der Waals surface area contributed by atoms with Crippen molar-refractivity contribution in [1.82, 2.24) is 14.7 Å². The molecule has 2 aromatic heterocycles. The van der Waals surface area contributed by atoms with Gasteiger partial charge in [0.1, 0.15) is 11.5 Å². The second-order valence-corrected chi connectivity index (χ2v) is 5.30. The number of rotatable bonds is 5. The zero-order valence-electron chi connectivity index (χ0n) is 12.6. The second kappa shape index (κ2) is 6.49. The van der Waals surface area contributed by atoms with E-state index in [2.05, 4.69) is 10.3 Å². The van der Waals surface area contributed by atoms with Gasteiger partial charge in [-0.3, -0.25) is 4.79 Å². The molecule has 0 spiro atoms. The van der Waals surface area contributed by atoms with Crippen LogP contribution in [0.5, 0.6) is 0 Å². The molecule has 1 amide bonds. The number of amides is 1. The van der Waals surface area contributed by atoms with Crippen molar-refractivity contribution in [1.29, 1.82) is 0 Å². The lowest BCUT2D eigenvalue weighted by Crippen LogP contribution is -2.24. The van der Waals surface area contributed by atoms with Gasteiger partial charge in [-0.25, -0.2) is 14.2 Å². The van der Waals surface area contributed by atoms with Crippen molar-refractivity contribution in [2.45, 2.75) is 13.0 Å². The molecule has 0 bridgehead atoms. The number of aromatic nitrogens is 2. The Bertz CT molecular complexity index is 903. The van der Waals surface area contributed by atoms with Crippen LogP contribution in [0.1, 0.15) is 21.6 Å². The highest BCUT2D eigenvalue weighted by Crippen LogP contribution is 2.08. The van der Waals surface area contributed by atoms with Crippen LogP contribution in [0.3, 0.4) is 0 Å². The van der Waals surface area contributed by atoms with E-state index in [1.165, 1.54) is 28.8 Å². The van der Waals surface area contributed by atoms with Gasteiger partial charge in [-0.2, -0.15) is 0 Å². The van der Waals surface area contributed by atoms with Crippen molar-refractivity contribution in [3.63, 3.8) is 0 Å². The lowest BCUT2D eigenvalue weighted by atomic mass is 10.1. The van der Waals surface area contributed by atoms with Crippen molar-refractivity contribution in [2.24, 2.45) is 0 Å². The zero-order valence-corrected chi connectivity index (χ0v) is 12.6. The predicted molar refractivity (Wildman–Crippen MR) is 84.1 cm³/mol. The van der Waals surface area contributed by atoms with Crippen LogP contribution in [0.25, 0.3) is 5.65 Å². The van der Waals surface area contributed by atoms with E-state index in [1.54, 1.807) is 24.4 Å². The number of carbonyl (C=O) groups is 2. The summed E-state index contributed by atoms with van der Waals surface area (Å²) < 4.78 is 14.7. The number of nitrogens with zero attached hydrogens (tertiary/aromatic N) is 2. The van der Waals surface area contributed by atoms with Crippen molar-refractivity contribution < 1.29 is 19.1 Å². The van der Waals surface area contributed by atoms with Gasteiger partial charge in [-0.05, 0) is 29.8 Å². The van der Waals surface area contributed by atoms with Crippen LogP contribution in [0.4, 0.5) is 4.39 Å². The highest BCUT2D eigenvalue weighted by atomic mass is 19.1. The molecule has 6 nitrogen and oxygen atoms in total. The van der Waals surface area contributed by atoms with Gasteiger partial charge in [0.05, 0.1) is 17.7 Å². The summed E-state index contributed by atoms with van der Waals surface area (Å²) in [7, 11) is 0. The molecule has 0 atom stereocenters. The molecule has 0 aliphatic heterocycles. The number of carbonyl (C=O) groups excluding carboxylic acids is 1. The summed E-state index contributed by atoms with van der Waals surface area (Å²) in [5.74, 6) is -1.59. The van der Waals surface area contributed by atoms with Gasteiger partial charge in [0.2, 0.25) is 5.91 Å². The Morgan fingerprint density at radius 2 is 1.88 bits per heavy atom. The number of hydrogen-bond acceptors (Lipinski definition) is 3. The molecule has 0 aliphatic rings. The summed E-state index contributed by atoms with van der Waals surface area (Å²) in [5, 5.41) is 11.6. The third kappa shape index (κ3) is 3.57. The fourth-order valence-corrected chi connectivity index (χ4v) is 2.30. The molecule has 0 saturated carbocycles. The maximum Gasteiger partial charge on any atom is 0.335 e. The molecule has 2 N–H and O–H groups in total. The predicted octanol–water partition coefficient (Wildman–Crippen LogP) is 2.03. The Morgan fingerprint density at radius 1 is 1.12 bits per heavy atom. The number of carboxylic acids is 1. The van der Waals surface area contributed by atoms with Crippen LogP contribution in [0, 0.1) is 5.82 Å². The van der Waals surface area contributed by atoms with E-state index in [-0.39, 0.29) is 23.7 Å². The van der Waals surface area contributed by atoms with Gasteiger partial charge >= 0.3 is 5.97 Å². The lowest BCUT2D eigenvalue weighted by molar-refractivity contribution is -0.120. The normalized spacial score (nSPS) is 10.7. The number of nitrogens with one attached hydrogen (secondary N) is 1. The highest BCUT2D eigenvalue weighted by molar-refractivity contribution is 5.87. The molecule has 122 valence electrons. The lowest BCUT2D eigenvalue weighted by Gasteiger charge is -2.04. The first kappa shape index (κ1) is 15.7. The molecule has 1 aromatic carbocycles. The molecule has 0 unspecified atom stereocenters. The number of aromatic carboxylic acids is 1. The Hall–Kier alpha value is -3.22. The molecule has 2 heterocycles. The average Bonchev–Trinajstić information content (AvgIpc) is 2.94. The third-order valence-electron chi connectivity index (χ3n) is 3.50. The molecule has 3 rings (SSSR count). The van der Waals surface area contributed by atoms with E-state index in [9.17, 15) is 14.0 Å². The monoisotopic (exact) mass is 327 g/mol. The summed E-state index contributed by atoms with van der Waals surface area (Å²) in [6.45, 7) is 0.292. The van der Waals surface area contributed by atoms with Crippen LogP contribution in [0.2, 0.25) is 0 Å². The van der Waals surface area contributed by atoms with Crippen LogP contribution in [0.15, 0.2) is 48.8 Å². The Balaban J connectivity index is 1.59. The third-order valence-corrected chi connectivity index (χ3v) is 3.50. The Labute approximate surface area is 136 Å². The van der Waals surface area contributed by atoms with Crippen molar-refractivity contribution >= 4 is 17.5 Å². The molecule has 0 fully saturated rings. The minimum atomic E-state index is -0.992. The first-order valence-corrected chi connectivity index (χ1v) is 7.23. The van der Waals surface area contributed by atoms with Gasteiger partial charge in [0, 0.05) is 18.9 Å². The summed E-state index contributed by atoms with van der Waals surface area (Å²) in [4.78, 5) is 27.0. The number of hydrogen-bond donors (Lipinski definition) is 2. The summed E-state index contributed by atoms with van der Waals surface area (Å²) in [6, 6.07) is 9.13. The Kier molecular flexibility index (Phi) is 4.24. The molecule has 0 saturated heterocycles. The van der Waals surface area contributed by atoms with Crippen LogP contribution >= 0.6 is 0 Å². The number of halogens is 1. The summed E-state index contributed by atoms with van der Waals surface area (Å²) >= 11 is 0. The molecule has 0 radical (unpaired) electrons. The van der Waals surface area contributed by atoms with Gasteiger partial charge in [-0.15, -0.1) is 0 Å². The topological polar surface area (TPSA) is 83.7 Å². The van der Waals surface area contributed by atoms with Gasteiger partial charge < -0.3 is 14.8 Å². The summed E-state index contributed by atoms with van der Waals surface area (Å²) in [5.41, 5.74) is 2.11. The van der Waals surface area contributed by atoms with Crippen LogP contribution < -0.4 is 5.32 Å². The molecule has 24 heavy (non-hydrogen) atoms. The maximum absolute atomic E-state index is 13.1. The highest BCUT2D eigenvalue weighted by Gasteiger charge is 2.08. The van der Waals surface area contributed by atoms with Crippen molar-refractivity contribution in [3.8, 4) is 0 Å². The number of benzene rings is 1. The first-order chi connectivity index (χ1) is 11.5. The van der Waals surface area contributed by atoms with E-state index in [0.29, 0.717) is 17.9 Å². The zero-order chi connectivity index (χ0) is 17.1. The Morgan fingerprint density at radius 3 is 2.58 bits per heavy atom. The summed E-state index contributed by atoms with van der Waals surface area (Å²) in [6.07, 6.45) is 2.99. The largest absolute Gasteiger partial charge is 0.478 e. The van der Waals surface area contributed by atoms with E-state index < -0.39 is 5.97 Å². The fraction of sp³-hybridized carbons (Fsp3) is 0.118. The van der Waals surface area contributed by atoms with Gasteiger partial charge in [0.25, 0.3) is 0 Å². The van der Waals surface area contributed by atoms with E-state index in [4.69, 9.17) is 5.11 Å². The van der Waals surface area contributed by atoms with Crippen molar-refractivity contribution in [3.05, 3.63) is 71.4 Å². The molecular weight excluding hydrogens is 313 g/mol. The maximum atomic E-state index is 13.1. The minimum Gasteiger partial charge on any atom is -0.478 e. The quantitative estimate of drug-likeness (QED) is 0.751. The van der Waals surface area contributed by atoms with Gasteiger partial charge in [0.15, 0.2) is 0 Å². The second-order valence-electron chi connectivity index (χ2n) is 5.30. The molecular formula is C17H14FN3O3. The van der Waals surface area contributed by atoms with E-state index in [1.807, 2.05) is 0 Å². The minimum absolute atomic E-state index is 0.0799. The SMILES string of the molecule is O=C(Cc1cn2cc(F)ccc2n1)NCc1ccc(C(=O)O)cc1. The standard InChI is InChI=1S/C17H14FN3O3/c18-13-5-6-15-20-14(10-21(15)9-13)7-16(22)19-8-11-1-3-12(4-2-11)17(23)24/h1-6,9-10H,7-8H2,(H,19,22)(H,23,24). The molecule has 7 heteroatoms. The molecule has 0 aliphatic carbocycles. The van der Waals surface area contributed by atoms with Gasteiger partial charge in [-0.1, -0.05) is 12.1 Å². The van der Waals surface area contributed by atoms with E-state index in [0.717, 1.165) is 5.56 Å². The first-order valence-electron chi connectivity index (χ1n) is 7.23. The number of carboxylic acid groups (broad SMARTS) is 1. The number of imidazole rings is 1. The van der Waals surface area contributed by atoms with Crippen molar-refractivity contribution in [2.75, 3.05) is 0 Å².